The van der Waals surface area contributed by atoms with Gasteiger partial charge in [0, 0.05) is 0 Å². The van der Waals surface area contributed by atoms with Crippen LogP contribution >= 0.6 is 11.3 Å². The molecule has 1 saturated heterocycles. The van der Waals surface area contributed by atoms with Gasteiger partial charge in [-0.05, 0) is 54.4 Å². The van der Waals surface area contributed by atoms with Gasteiger partial charge in [0.2, 0.25) is 6.29 Å². The number of hydrogen-bond acceptors (Lipinski definition) is 10. The number of aldehydes is 1. The van der Waals surface area contributed by atoms with Gasteiger partial charge in [-0.2, -0.15) is 0 Å². The second-order valence-electron chi connectivity index (χ2n) is 9.08. The first kappa shape index (κ1) is 26.2. The number of aliphatic hydroxyl groups is 4. The van der Waals surface area contributed by atoms with Crippen LogP contribution in [0.25, 0.3) is 20.8 Å². The molecule has 3 aromatic carbocycles. The van der Waals surface area contributed by atoms with Gasteiger partial charge in [-0.25, -0.2) is 4.98 Å². The van der Waals surface area contributed by atoms with Crippen molar-refractivity contribution in [3.8, 4) is 22.1 Å². The summed E-state index contributed by atoms with van der Waals surface area (Å²) in [6.07, 6.45) is -6.04. The largest absolute Gasteiger partial charge is 0.487 e. The van der Waals surface area contributed by atoms with Gasteiger partial charge in [-0.15, -0.1) is 11.3 Å². The fraction of sp³-hybridized carbons (Fsp3) is 0.286. The number of hydrogen-bond donors (Lipinski definition) is 4. The molecule has 198 valence electrons. The third-order valence-corrected chi connectivity index (χ3v) is 7.39. The van der Waals surface area contributed by atoms with E-state index in [1.54, 1.807) is 30.3 Å². The number of benzene rings is 3. The topological polar surface area (TPSA) is 139 Å². The maximum absolute atomic E-state index is 11.9. The van der Waals surface area contributed by atoms with Crippen LogP contribution in [0.5, 0.6) is 11.5 Å². The number of ether oxygens (including phenoxy) is 3. The molecule has 1 aromatic heterocycles. The number of nitrogens with zero attached hydrogens (tertiary/aromatic N) is 1. The van der Waals surface area contributed by atoms with Crippen molar-refractivity contribution in [3.05, 3.63) is 77.4 Å². The molecule has 1 aliphatic heterocycles. The second-order valence-corrected chi connectivity index (χ2v) is 10.1. The minimum absolute atomic E-state index is 0.169. The van der Waals surface area contributed by atoms with Crippen molar-refractivity contribution in [2.75, 3.05) is 6.61 Å². The zero-order valence-electron chi connectivity index (χ0n) is 20.4. The van der Waals surface area contributed by atoms with E-state index in [-0.39, 0.29) is 6.61 Å². The summed E-state index contributed by atoms with van der Waals surface area (Å²) in [7, 11) is 0. The Kier molecular flexibility index (Phi) is 7.70. The van der Waals surface area contributed by atoms with Crippen LogP contribution in [0, 0.1) is 6.92 Å². The highest BCUT2D eigenvalue weighted by Crippen LogP contribution is 2.38. The van der Waals surface area contributed by atoms with Crippen LogP contribution in [0.1, 0.15) is 21.5 Å². The van der Waals surface area contributed by atoms with E-state index in [0.29, 0.717) is 17.1 Å². The summed E-state index contributed by atoms with van der Waals surface area (Å²) >= 11 is 1.53. The highest BCUT2D eigenvalue weighted by molar-refractivity contribution is 7.21. The molecule has 5 rings (SSSR count). The smallest absolute Gasteiger partial charge is 0.229 e. The molecule has 4 N–H and O–H groups in total. The Bertz CT molecular complexity index is 1390. The van der Waals surface area contributed by atoms with Gasteiger partial charge in [0.15, 0.2) is 6.29 Å². The minimum Gasteiger partial charge on any atom is -0.487 e. The predicted molar refractivity (Wildman–Crippen MR) is 140 cm³/mol. The molecule has 10 heteroatoms. The molecule has 0 spiro atoms. The summed E-state index contributed by atoms with van der Waals surface area (Å²) in [6.45, 7) is 1.55. The van der Waals surface area contributed by atoms with Gasteiger partial charge in [0.25, 0.3) is 0 Å². The van der Waals surface area contributed by atoms with E-state index >= 15 is 0 Å². The van der Waals surface area contributed by atoms with Crippen LogP contribution < -0.4 is 9.47 Å². The van der Waals surface area contributed by atoms with Crippen molar-refractivity contribution in [1.29, 1.82) is 0 Å². The lowest BCUT2D eigenvalue weighted by molar-refractivity contribution is -0.277. The number of thiazole rings is 1. The first-order valence-electron chi connectivity index (χ1n) is 12.0. The lowest BCUT2D eigenvalue weighted by Crippen LogP contribution is -2.60. The van der Waals surface area contributed by atoms with Crippen LogP contribution in [-0.2, 0) is 11.3 Å². The summed E-state index contributed by atoms with van der Waals surface area (Å²) in [5.41, 5.74) is 3.77. The van der Waals surface area contributed by atoms with Crippen LogP contribution in [0.4, 0.5) is 0 Å². The van der Waals surface area contributed by atoms with E-state index in [2.05, 4.69) is 0 Å². The molecule has 1 aliphatic rings. The maximum Gasteiger partial charge on any atom is 0.229 e. The van der Waals surface area contributed by atoms with E-state index in [0.717, 1.165) is 38.2 Å². The van der Waals surface area contributed by atoms with Crippen LogP contribution in [0.3, 0.4) is 0 Å². The molecule has 4 aromatic rings. The first-order chi connectivity index (χ1) is 18.4. The molecule has 9 nitrogen and oxygen atoms in total. The molecule has 0 bridgehead atoms. The Balaban J connectivity index is 1.33. The summed E-state index contributed by atoms with van der Waals surface area (Å²) in [5, 5.41) is 40.2. The zero-order valence-corrected chi connectivity index (χ0v) is 21.2. The predicted octanol–water partition coefficient (Wildman–Crippen LogP) is 2.84. The SMILES string of the molecule is Cc1cc(C=O)c(OCc2ccc(O[C@@H]3O[C@H](CO)[C@H](O)[C@H](O)[C@H]3O)cc2)c(-c2nc3ccccc3s2)c1. The van der Waals surface area contributed by atoms with Gasteiger partial charge in [0.05, 0.1) is 28.0 Å². The lowest BCUT2D eigenvalue weighted by atomic mass is 9.99. The first-order valence-corrected chi connectivity index (χ1v) is 12.8. The van der Waals surface area contributed by atoms with Gasteiger partial charge < -0.3 is 34.6 Å². The number of aryl methyl sites for hydroxylation is 1. The number of rotatable bonds is 8. The zero-order chi connectivity index (χ0) is 26.8. The van der Waals surface area contributed by atoms with E-state index in [4.69, 9.17) is 19.2 Å². The quantitative estimate of drug-likeness (QED) is 0.250. The Morgan fingerprint density at radius 2 is 1.79 bits per heavy atom. The number of aliphatic hydroxyl groups excluding tert-OH is 4. The summed E-state index contributed by atoms with van der Waals surface area (Å²) in [6, 6.07) is 18.4. The fourth-order valence-electron chi connectivity index (χ4n) is 4.31. The molecule has 0 radical (unpaired) electrons. The third-order valence-electron chi connectivity index (χ3n) is 6.32. The van der Waals surface area contributed by atoms with Crippen molar-refractivity contribution < 1.29 is 39.4 Å². The minimum atomic E-state index is -1.52. The Labute approximate surface area is 222 Å². The molecule has 0 unspecified atom stereocenters. The highest BCUT2D eigenvalue weighted by atomic mass is 32.1. The van der Waals surface area contributed by atoms with Crippen molar-refractivity contribution in [3.63, 3.8) is 0 Å². The van der Waals surface area contributed by atoms with Gasteiger partial charge in [-0.3, -0.25) is 4.79 Å². The molecular formula is C28H27NO8S. The van der Waals surface area contributed by atoms with Crippen LogP contribution in [0.15, 0.2) is 60.7 Å². The number of aromatic nitrogens is 1. The molecule has 0 amide bonds. The Morgan fingerprint density at radius 3 is 2.50 bits per heavy atom. The molecule has 2 heterocycles. The summed E-state index contributed by atoms with van der Waals surface area (Å²) in [5.74, 6) is 0.795. The summed E-state index contributed by atoms with van der Waals surface area (Å²) in [4.78, 5) is 16.6. The molecule has 5 atom stereocenters. The number of fused-ring (bicyclic) bond motifs is 1. The Morgan fingerprint density at radius 1 is 1.03 bits per heavy atom. The monoisotopic (exact) mass is 537 g/mol. The number of carbonyl (C=O) groups excluding carboxylic acids is 1. The van der Waals surface area contributed by atoms with Crippen molar-refractivity contribution in [2.45, 2.75) is 44.2 Å². The normalized spacial score (nSPS) is 23.3. The Hall–Kier alpha value is -3.38. The van der Waals surface area contributed by atoms with E-state index in [1.165, 1.54) is 11.3 Å². The molecular weight excluding hydrogens is 510 g/mol. The van der Waals surface area contributed by atoms with Crippen LogP contribution in [-0.4, -0.2) is 69.0 Å². The van der Waals surface area contributed by atoms with Gasteiger partial charge in [0.1, 0.15) is 47.5 Å². The van der Waals surface area contributed by atoms with Crippen molar-refractivity contribution in [2.24, 2.45) is 0 Å². The number of carbonyl (C=O) groups is 1. The van der Waals surface area contributed by atoms with E-state index < -0.39 is 37.3 Å². The second kappa shape index (κ2) is 11.2. The average molecular weight is 538 g/mol. The lowest BCUT2D eigenvalue weighted by Gasteiger charge is -2.39. The maximum atomic E-state index is 11.9. The summed E-state index contributed by atoms with van der Waals surface area (Å²) < 4.78 is 18.2. The standard InChI is InChI=1S/C28H27NO8S/c1-15-10-17(12-30)26(19(11-15)27-29-20-4-2-3-5-22(20)38-27)35-14-16-6-8-18(9-7-16)36-28-25(34)24(33)23(32)21(13-31)37-28/h2-12,21,23-25,28,31-34H,13-14H2,1H3/t21-,23+,24+,25-,28-/m1/s1. The van der Waals surface area contributed by atoms with Crippen molar-refractivity contribution >= 4 is 27.8 Å². The molecule has 0 saturated carbocycles. The highest BCUT2D eigenvalue weighted by Gasteiger charge is 2.44. The molecule has 38 heavy (non-hydrogen) atoms. The number of para-hydroxylation sites is 1. The molecule has 1 fully saturated rings. The average Bonchev–Trinajstić information content (AvgIpc) is 3.37. The fourth-order valence-corrected chi connectivity index (χ4v) is 5.29. The van der Waals surface area contributed by atoms with Crippen molar-refractivity contribution in [1.82, 2.24) is 4.98 Å². The molecule has 0 aliphatic carbocycles. The third kappa shape index (κ3) is 5.28. The van der Waals surface area contributed by atoms with Gasteiger partial charge >= 0.3 is 0 Å². The van der Waals surface area contributed by atoms with E-state index in [9.17, 15) is 25.2 Å². The van der Waals surface area contributed by atoms with E-state index in [1.807, 2.05) is 37.3 Å². The van der Waals surface area contributed by atoms with Crippen LogP contribution in [0.2, 0.25) is 0 Å². The van der Waals surface area contributed by atoms with Gasteiger partial charge in [-0.1, -0.05) is 24.3 Å².